The second-order valence-electron chi connectivity index (χ2n) is 17.5. The summed E-state index contributed by atoms with van der Waals surface area (Å²) in [6.45, 7) is 0. The van der Waals surface area contributed by atoms with E-state index in [1.165, 1.54) is 0 Å². The van der Waals surface area contributed by atoms with Crippen LogP contribution in [0.3, 0.4) is 0 Å². The van der Waals surface area contributed by atoms with E-state index < -0.39 is 0 Å². The zero-order valence-corrected chi connectivity index (χ0v) is 37.0. The monoisotopic (exact) mass is 898 g/mol. The van der Waals surface area contributed by atoms with Crippen molar-refractivity contribution in [1.82, 2.24) is 39.0 Å². The van der Waals surface area contributed by atoms with Gasteiger partial charge in [0.1, 0.15) is 22.3 Å². The fourth-order valence-corrected chi connectivity index (χ4v) is 10.3. The Morgan fingerprint density at radius 3 is 1.26 bits per heavy atom. The number of hydrogen-bond donors (Lipinski definition) is 0. The molecule has 0 fully saturated rings. The summed E-state index contributed by atoms with van der Waals surface area (Å²) in [5.41, 5.74) is 10.5. The highest BCUT2D eigenvalue weighted by molar-refractivity contribution is 6.26. The van der Waals surface area contributed by atoms with Gasteiger partial charge in [-0.3, -0.25) is 9.13 Å². The average molecular weight is 899 g/mol. The fraction of sp³-hybridized carbons (Fsp3) is 0. The van der Waals surface area contributed by atoms with E-state index in [1.54, 1.807) is 0 Å². The number of fused-ring (bicyclic) bond motifs is 13. The third-order valence-electron chi connectivity index (χ3n) is 13.5. The van der Waals surface area contributed by atoms with Crippen molar-refractivity contribution in [3.63, 3.8) is 0 Å². The van der Waals surface area contributed by atoms with Crippen LogP contribution in [0.25, 0.3) is 145 Å². The summed E-state index contributed by atoms with van der Waals surface area (Å²) in [6.07, 6.45) is 0. The van der Waals surface area contributed by atoms with Crippen molar-refractivity contribution in [3.8, 4) is 57.4 Å². The maximum atomic E-state index is 6.27. The van der Waals surface area contributed by atoms with E-state index in [0.29, 0.717) is 35.2 Å². The van der Waals surface area contributed by atoms with Crippen LogP contribution < -0.4 is 0 Å². The molecule has 0 spiro atoms. The minimum atomic E-state index is 0.475. The Balaban J connectivity index is 1.03. The van der Waals surface area contributed by atoms with Gasteiger partial charge in [0.15, 0.2) is 23.3 Å². The van der Waals surface area contributed by atoms with E-state index >= 15 is 0 Å². The Bertz CT molecular complexity index is 4420. The van der Waals surface area contributed by atoms with Crippen molar-refractivity contribution < 1.29 is 8.83 Å². The van der Waals surface area contributed by atoms with Crippen LogP contribution in [0.4, 0.5) is 0 Å². The molecule has 15 rings (SSSR count). The van der Waals surface area contributed by atoms with Crippen LogP contribution in [-0.2, 0) is 0 Å². The van der Waals surface area contributed by atoms with E-state index in [4.69, 9.17) is 38.7 Å². The highest BCUT2D eigenvalue weighted by Crippen LogP contribution is 2.42. The van der Waals surface area contributed by atoms with E-state index in [2.05, 4.69) is 94.1 Å². The summed E-state index contributed by atoms with van der Waals surface area (Å²) in [5, 5.41) is 8.17. The van der Waals surface area contributed by atoms with Gasteiger partial charge in [-0.2, -0.15) is 19.9 Å². The Morgan fingerprint density at radius 1 is 0.271 bits per heavy atom. The zero-order chi connectivity index (χ0) is 45.9. The number of para-hydroxylation sites is 4. The maximum absolute atomic E-state index is 6.27. The van der Waals surface area contributed by atoms with Gasteiger partial charge < -0.3 is 8.83 Å². The summed E-state index contributed by atoms with van der Waals surface area (Å²) in [6, 6.07) is 69.9. The SMILES string of the molecule is c1ccc(-c2nc(-c3ccccc3)nc(-n3c4ccccc4c4c3ccc3c5ccccc5n(-c5nc(-c6ccc7oc8ccccc8c7c6)nc(-c6ccc7oc8ccccc8c7c6)n5)c34)n2)cc1. The Hall–Kier alpha value is -9.80. The van der Waals surface area contributed by atoms with Gasteiger partial charge in [-0.05, 0) is 66.7 Å². The minimum absolute atomic E-state index is 0.475. The first-order chi connectivity index (χ1) is 34.7. The van der Waals surface area contributed by atoms with Gasteiger partial charge in [-0.15, -0.1) is 0 Å². The molecule has 0 atom stereocenters. The molecule has 10 nitrogen and oxygen atoms in total. The first-order valence-electron chi connectivity index (χ1n) is 23.1. The van der Waals surface area contributed by atoms with Crippen molar-refractivity contribution in [2.45, 2.75) is 0 Å². The van der Waals surface area contributed by atoms with Crippen molar-refractivity contribution in [3.05, 3.63) is 206 Å². The van der Waals surface area contributed by atoms with Gasteiger partial charge in [0.25, 0.3) is 0 Å². The van der Waals surface area contributed by atoms with Gasteiger partial charge in [-0.25, -0.2) is 9.97 Å². The summed E-state index contributed by atoms with van der Waals surface area (Å²) < 4.78 is 16.9. The lowest BCUT2D eigenvalue weighted by molar-refractivity contribution is 0.668. The standard InChI is InChI=1S/C60H34N8O2/c1-3-15-35(16-4-1)55-61-56(36-17-5-2-6-18-36)64-59(63-55)67-47-24-12-8-22-43(47)53-48(67)30-29-42-39-19-7-11-23-46(39)68(54(42)53)60-65-57(37-27-31-51-44(33-37)40-20-9-13-25-49(40)69-51)62-58(66-60)38-28-32-52-45(34-38)41-21-10-14-26-50(41)70-52/h1-34H. The zero-order valence-electron chi connectivity index (χ0n) is 37.0. The molecule has 9 aromatic carbocycles. The van der Waals surface area contributed by atoms with E-state index in [0.717, 1.165) is 110 Å². The molecule has 0 aliphatic carbocycles. The van der Waals surface area contributed by atoms with Crippen LogP contribution in [0.1, 0.15) is 0 Å². The lowest BCUT2D eigenvalue weighted by atomic mass is 10.1. The molecule has 0 radical (unpaired) electrons. The molecule has 0 unspecified atom stereocenters. The lowest BCUT2D eigenvalue weighted by Gasteiger charge is -2.12. The minimum Gasteiger partial charge on any atom is -0.456 e. The summed E-state index contributed by atoms with van der Waals surface area (Å²) >= 11 is 0. The van der Waals surface area contributed by atoms with Crippen LogP contribution in [0.15, 0.2) is 215 Å². The van der Waals surface area contributed by atoms with Gasteiger partial charge in [0, 0.05) is 65.3 Å². The third-order valence-corrected chi connectivity index (χ3v) is 13.5. The quantitative estimate of drug-likeness (QED) is 0.162. The van der Waals surface area contributed by atoms with Gasteiger partial charge in [0.2, 0.25) is 11.9 Å². The maximum Gasteiger partial charge on any atom is 0.238 e. The third kappa shape index (κ3) is 5.80. The second-order valence-corrected chi connectivity index (χ2v) is 17.5. The molecular weight excluding hydrogens is 865 g/mol. The van der Waals surface area contributed by atoms with E-state index in [-0.39, 0.29) is 0 Å². The second kappa shape index (κ2) is 14.9. The number of furan rings is 2. The lowest BCUT2D eigenvalue weighted by Crippen LogP contribution is -2.07. The van der Waals surface area contributed by atoms with Crippen molar-refractivity contribution in [2.24, 2.45) is 0 Å². The molecule has 326 valence electrons. The number of nitrogens with zero attached hydrogens (tertiary/aromatic N) is 8. The van der Waals surface area contributed by atoms with Gasteiger partial charge in [-0.1, -0.05) is 140 Å². The number of aromatic nitrogens is 8. The molecule has 0 aliphatic rings. The van der Waals surface area contributed by atoms with E-state index in [9.17, 15) is 0 Å². The molecule has 0 aliphatic heterocycles. The molecule has 6 heterocycles. The molecule has 15 aromatic rings. The summed E-state index contributed by atoms with van der Waals surface area (Å²) in [7, 11) is 0. The van der Waals surface area contributed by atoms with Crippen LogP contribution in [0.5, 0.6) is 0 Å². The molecule has 0 saturated carbocycles. The molecule has 0 bridgehead atoms. The highest BCUT2D eigenvalue weighted by Gasteiger charge is 2.25. The highest BCUT2D eigenvalue weighted by atomic mass is 16.3. The average Bonchev–Trinajstić information content (AvgIpc) is 4.19. The molecular formula is C60H34N8O2. The number of rotatable bonds is 6. The first kappa shape index (κ1) is 38.3. The fourth-order valence-electron chi connectivity index (χ4n) is 10.3. The van der Waals surface area contributed by atoms with Crippen LogP contribution in [-0.4, -0.2) is 39.0 Å². The molecule has 70 heavy (non-hydrogen) atoms. The predicted molar refractivity (Wildman–Crippen MR) is 278 cm³/mol. The molecule has 0 N–H and O–H groups in total. The van der Waals surface area contributed by atoms with Crippen molar-refractivity contribution >= 4 is 87.5 Å². The number of hydrogen-bond acceptors (Lipinski definition) is 8. The molecule has 10 heteroatoms. The normalized spacial score (nSPS) is 12.0. The Kier molecular flexibility index (Phi) is 8.13. The topological polar surface area (TPSA) is 113 Å². The molecule has 6 aromatic heterocycles. The smallest absolute Gasteiger partial charge is 0.238 e. The van der Waals surface area contributed by atoms with Crippen LogP contribution in [0, 0.1) is 0 Å². The molecule has 0 amide bonds. The van der Waals surface area contributed by atoms with Gasteiger partial charge >= 0.3 is 0 Å². The summed E-state index contributed by atoms with van der Waals surface area (Å²) in [5.74, 6) is 3.20. The van der Waals surface area contributed by atoms with Crippen molar-refractivity contribution in [1.29, 1.82) is 0 Å². The number of benzene rings is 9. The van der Waals surface area contributed by atoms with Crippen molar-refractivity contribution in [2.75, 3.05) is 0 Å². The largest absolute Gasteiger partial charge is 0.456 e. The Labute approximate surface area is 397 Å². The van der Waals surface area contributed by atoms with Crippen LogP contribution >= 0.6 is 0 Å². The molecule has 0 saturated heterocycles. The first-order valence-corrected chi connectivity index (χ1v) is 23.1. The Morgan fingerprint density at radius 2 is 0.700 bits per heavy atom. The van der Waals surface area contributed by atoms with Gasteiger partial charge in [0.05, 0.1) is 22.1 Å². The van der Waals surface area contributed by atoms with Crippen LogP contribution in [0.2, 0.25) is 0 Å². The predicted octanol–water partition coefficient (Wildman–Crippen LogP) is 14.7. The van der Waals surface area contributed by atoms with E-state index in [1.807, 2.05) is 121 Å². The summed E-state index contributed by atoms with van der Waals surface area (Å²) in [4.78, 5) is 31.6.